The fourth-order valence-electron chi connectivity index (χ4n) is 3.25. The number of nitrogens with two attached hydrogens (primary N) is 1. The van der Waals surface area contributed by atoms with Crippen molar-refractivity contribution in [3.63, 3.8) is 0 Å². The number of rotatable bonds is 8. The second-order valence-electron chi connectivity index (χ2n) is 7.70. The van der Waals surface area contributed by atoms with Gasteiger partial charge in [-0.25, -0.2) is 13.6 Å². The van der Waals surface area contributed by atoms with Crippen molar-refractivity contribution in [2.75, 3.05) is 13.1 Å². The molecule has 1 fully saturated rings. The molecule has 1 aliphatic rings. The fraction of sp³-hybridized carbons (Fsp3) is 0.579. The van der Waals surface area contributed by atoms with E-state index in [2.05, 4.69) is 19.2 Å². The van der Waals surface area contributed by atoms with Crippen LogP contribution in [0.15, 0.2) is 29.2 Å². The monoisotopic (exact) mass is 395 g/mol. The topological polar surface area (TPSA) is 110 Å². The zero-order chi connectivity index (χ0) is 20.2. The highest BCUT2D eigenvalue weighted by Gasteiger charge is 2.46. The van der Waals surface area contributed by atoms with Crippen LogP contribution < -0.4 is 10.5 Å². The maximum absolute atomic E-state index is 12.7. The molecule has 0 spiro atoms. The van der Waals surface area contributed by atoms with Crippen LogP contribution in [0.1, 0.15) is 45.6 Å². The molecule has 2 rings (SSSR count). The minimum Gasteiger partial charge on any atom is -0.354 e. The number of carbonyl (C=O) groups is 2. The quantitative estimate of drug-likeness (QED) is 0.693. The summed E-state index contributed by atoms with van der Waals surface area (Å²) < 4.78 is 22.6. The first kappa shape index (κ1) is 21.4. The maximum Gasteiger partial charge on any atom is 0.245 e. The van der Waals surface area contributed by atoms with Crippen molar-refractivity contribution in [2.24, 2.45) is 11.1 Å². The van der Waals surface area contributed by atoms with Gasteiger partial charge in [0.15, 0.2) is 0 Å². The zero-order valence-electron chi connectivity index (χ0n) is 16.2. The van der Waals surface area contributed by atoms with Crippen LogP contribution in [-0.2, 0) is 26.0 Å². The summed E-state index contributed by atoms with van der Waals surface area (Å²) in [5.41, 5.74) is 0.0406. The van der Waals surface area contributed by atoms with Crippen molar-refractivity contribution in [3.8, 4) is 0 Å². The molecule has 1 aliphatic heterocycles. The van der Waals surface area contributed by atoms with E-state index in [-0.39, 0.29) is 16.7 Å². The summed E-state index contributed by atoms with van der Waals surface area (Å²) in [6.07, 6.45) is 2.29. The highest BCUT2D eigenvalue weighted by atomic mass is 32.2. The van der Waals surface area contributed by atoms with E-state index in [1.807, 2.05) is 6.92 Å². The molecule has 0 saturated carbocycles. The van der Waals surface area contributed by atoms with Crippen molar-refractivity contribution in [3.05, 3.63) is 29.8 Å². The third-order valence-electron chi connectivity index (χ3n) is 5.09. The summed E-state index contributed by atoms with van der Waals surface area (Å²) in [6, 6.07) is 6.27. The van der Waals surface area contributed by atoms with Gasteiger partial charge in [0.2, 0.25) is 21.8 Å². The van der Waals surface area contributed by atoms with Gasteiger partial charge in [-0.3, -0.25) is 9.59 Å². The van der Waals surface area contributed by atoms with Crippen LogP contribution in [0, 0.1) is 5.92 Å². The number of primary sulfonamides is 1. The molecule has 0 bridgehead atoms. The van der Waals surface area contributed by atoms with Crippen LogP contribution in [0.2, 0.25) is 0 Å². The molecule has 1 aromatic carbocycles. The van der Waals surface area contributed by atoms with E-state index in [1.165, 1.54) is 12.1 Å². The SMILES string of the molecule is CC(C)CCNC(=O)C1(C)CCC(=O)N1CCc1ccc(S(N)(=O)=O)cc1. The Morgan fingerprint density at radius 3 is 2.48 bits per heavy atom. The van der Waals surface area contributed by atoms with Gasteiger partial charge < -0.3 is 10.2 Å². The van der Waals surface area contributed by atoms with Crippen LogP contribution in [-0.4, -0.2) is 43.8 Å². The Morgan fingerprint density at radius 2 is 1.93 bits per heavy atom. The number of amides is 2. The lowest BCUT2D eigenvalue weighted by atomic mass is 9.97. The molecule has 1 atom stereocenters. The van der Waals surface area contributed by atoms with E-state index in [4.69, 9.17) is 5.14 Å². The Bertz CT molecular complexity index is 790. The lowest BCUT2D eigenvalue weighted by molar-refractivity contribution is -0.140. The second-order valence-corrected chi connectivity index (χ2v) is 9.26. The zero-order valence-corrected chi connectivity index (χ0v) is 17.0. The number of hydrogen-bond acceptors (Lipinski definition) is 4. The van der Waals surface area contributed by atoms with Gasteiger partial charge >= 0.3 is 0 Å². The summed E-state index contributed by atoms with van der Waals surface area (Å²) in [4.78, 5) is 26.7. The van der Waals surface area contributed by atoms with Crippen LogP contribution in [0.5, 0.6) is 0 Å². The Kier molecular flexibility index (Phi) is 6.64. The molecule has 1 saturated heterocycles. The van der Waals surface area contributed by atoms with Crippen LogP contribution in [0.25, 0.3) is 0 Å². The smallest absolute Gasteiger partial charge is 0.245 e. The minimum atomic E-state index is -3.72. The van der Waals surface area contributed by atoms with E-state index in [0.717, 1.165) is 12.0 Å². The third-order valence-corrected chi connectivity index (χ3v) is 6.02. The lowest BCUT2D eigenvalue weighted by Crippen LogP contribution is -2.55. The molecule has 2 amide bonds. The largest absolute Gasteiger partial charge is 0.354 e. The minimum absolute atomic E-state index is 0.0299. The first-order chi connectivity index (χ1) is 12.5. The first-order valence-corrected chi connectivity index (χ1v) is 10.8. The molecule has 8 heteroatoms. The number of hydrogen-bond donors (Lipinski definition) is 2. The van der Waals surface area contributed by atoms with E-state index >= 15 is 0 Å². The lowest BCUT2D eigenvalue weighted by Gasteiger charge is -2.34. The number of nitrogens with one attached hydrogen (secondary N) is 1. The number of benzene rings is 1. The number of sulfonamides is 1. The Hall–Kier alpha value is -1.93. The van der Waals surface area contributed by atoms with Crippen molar-refractivity contribution in [1.29, 1.82) is 0 Å². The second kappa shape index (κ2) is 8.39. The van der Waals surface area contributed by atoms with Crippen LogP contribution in [0.4, 0.5) is 0 Å². The molecule has 0 radical (unpaired) electrons. The van der Waals surface area contributed by atoms with Gasteiger partial charge in [-0.05, 0) is 49.8 Å². The van der Waals surface area contributed by atoms with Gasteiger partial charge in [0.05, 0.1) is 4.90 Å². The van der Waals surface area contributed by atoms with E-state index in [1.54, 1.807) is 17.0 Å². The number of likely N-dealkylation sites (tertiary alicyclic amines) is 1. The van der Waals surface area contributed by atoms with E-state index in [0.29, 0.717) is 38.3 Å². The molecule has 1 heterocycles. The van der Waals surface area contributed by atoms with Gasteiger partial charge in [0.25, 0.3) is 0 Å². The molecule has 150 valence electrons. The molecule has 0 aromatic heterocycles. The first-order valence-electron chi connectivity index (χ1n) is 9.24. The Labute approximate surface area is 161 Å². The number of carbonyl (C=O) groups excluding carboxylic acids is 2. The molecule has 3 N–H and O–H groups in total. The summed E-state index contributed by atoms with van der Waals surface area (Å²) in [6.45, 7) is 7.01. The molecular formula is C19H29N3O4S. The highest BCUT2D eigenvalue weighted by Crippen LogP contribution is 2.30. The summed E-state index contributed by atoms with van der Waals surface area (Å²) in [7, 11) is -3.72. The Morgan fingerprint density at radius 1 is 1.30 bits per heavy atom. The normalized spacial score (nSPS) is 20.3. The van der Waals surface area contributed by atoms with E-state index < -0.39 is 15.6 Å². The fourth-order valence-corrected chi connectivity index (χ4v) is 3.77. The molecule has 1 unspecified atom stereocenters. The predicted molar refractivity (Wildman–Crippen MR) is 103 cm³/mol. The maximum atomic E-state index is 12.7. The summed E-state index contributed by atoms with van der Waals surface area (Å²) in [5.74, 6) is 0.357. The third kappa shape index (κ3) is 5.29. The molecule has 27 heavy (non-hydrogen) atoms. The van der Waals surface area contributed by atoms with Gasteiger partial charge in [0, 0.05) is 19.5 Å². The number of nitrogens with zero attached hydrogens (tertiary/aromatic N) is 1. The molecule has 0 aliphatic carbocycles. The van der Waals surface area contributed by atoms with Gasteiger partial charge in [0.1, 0.15) is 5.54 Å². The average Bonchev–Trinajstić information content (AvgIpc) is 2.88. The van der Waals surface area contributed by atoms with Crippen molar-refractivity contribution in [1.82, 2.24) is 10.2 Å². The van der Waals surface area contributed by atoms with E-state index in [9.17, 15) is 18.0 Å². The summed E-state index contributed by atoms with van der Waals surface area (Å²) in [5, 5.41) is 8.06. The van der Waals surface area contributed by atoms with Gasteiger partial charge in [-0.2, -0.15) is 0 Å². The molecule has 1 aromatic rings. The summed E-state index contributed by atoms with van der Waals surface area (Å²) >= 11 is 0. The predicted octanol–water partition coefficient (Wildman–Crippen LogP) is 1.42. The van der Waals surface area contributed by atoms with Crippen molar-refractivity contribution < 1.29 is 18.0 Å². The average molecular weight is 396 g/mol. The molecular weight excluding hydrogens is 366 g/mol. The van der Waals surface area contributed by atoms with Crippen LogP contribution in [0.3, 0.4) is 0 Å². The van der Waals surface area contributed by atoms with Gasteiger partial charge in [-0.1, -0.05) is 26.0 Å². The standard InChI is InChI=1S/C19H29N3O4S/c1-14(2)9-12-21-18(24)19(3)11-8-17(23)22(19)13-10-15-4-6-16(7-5-15)27(20,25)26/h4-7,14H,8-13H2,1-3H3,(H,21,24)(H2,20,25,26). The molecule has 7 nitrogen and oxygen atoms in total. The van der Waals surface area contributed by atoms with Crippen LogP contribution >= 0.6 is 0 Å². The van der Waals surface area contributed by atoms with Crippen molar-refractivity contribution in [2.45, 2.75) is 56.9 Å². The highest BCUT2D eigenvalue weighted by molar-refractivity contribution is 7.89. The Balaban J connectivity index is 2.02. The van der Waals surface area contributed by atoms with Gasteiger partial charge in [-0.15, -0.1) is 0 Å². The van der Waals surface area contributed by atoms with Crippen molar-refractivity contribution >= 4 is 21.8 Å².